The average molecular weight is 276 g/mol. The highest BCUT2D eigenvalue weighted by Gasteiger charge is 2.30. The largest absolute Gasteiger partial charge is 0.326 e. The van der Waals surface area contributed by atoms with Crippen LogP contribution in [0.1, 0.15) is 16.2 Å². The maximum Gasteiger partial charge on any atom is 0.229 e. The van der Waals surface area contributed by atoms with Gasteiger partial charge in [-0.2, -0.15) is 5.10 Å². The van der Waals surface area contributed by atoms with E-state index >= 15 is 0 Å². The lowest BCUT2D eigenvalue weighted by Gasteiger charge is -2.17. The quantitative estimate of drug-likeness (QED) is 0.920. The fraction of sp³-hybridized carbons (Fsp3) is 0.385. The monoisotopic (exact) mass is 276 g/mol. The van der Waals surface area contributed by atoms with Gasteiger partial charge in [0.1, 0.15) is 5.82 Å². The second-order valence-corrected chi connectivity index (χ2v) is 6.20. The van der Waals surface area contributed by atoms with E-state index in [0.29, 0.717) is 19.5 Å². The van der Waals surface area contributed by atoms with Gasteiger partial charge in [-0.1, -0.05) is 0 Å². The zero-order chi connectivity index (χ0) is 13.4. The van der Waals surface area contributed by atoms with Crippen LogP contribution in [0.5, 0.6) is 0 Å². The van der Waals surface area contributed by atoms with E-state index in [2.05, 4.69) is 24.2 Å². The third-order valence-corrected chi connectivity index (χ3v) is 4.21. The molecule has 3 heterocycles. The molecule has 1 amide bonds. The fourth-order valence-electron chi connectivity index (χ4n) is 2.35. The lowest BCUT2D eigenvalue weighted by molar-refractivity contribution is -0.117. The molecule has 6 heteroatoms. The van der Waals surface area contributed by atoms with Gasteiger partial charge in [0.15, 0.2) is 0 Å². The molecule has 3 rings (SSSR count). The molecule has 1 atom stereocenters. The number of nitrogens with zero attached hydrogens (tertiary/aromatic N) is 3. The predicted octanol–water partition coefficient (Wildman–Crippen LogP) is 1.37. The van der Waals surface area contributed by atoms with Crippen LogP contribution in [0.2, 0.25) is 0 Å². The lowest BCUT2D eigenvalue weighted by atomic mass is 10.3. The Morgan fingerprint density at radius 3 is 2.95 bits per heavy atom. The molecule has 19 heavy (non-hydrogen) atoms. The zero-order valence-electron chi connectivity index (χ0n) is 10.7. The maximum absolute atomic E-state index is 11.9. The van der Waals surface area contributed by atoms with Crippen molar-refractivity contribution in [3.8, 4) is 0 Å². The minimum Gasteiger partial charge on any atom is -0.326 e. The van der Waals surface area contributed by atoms with E-state index in [1.54, 1.807) is 22.4 Å². The number of nitrogens with two attached hydrogens (primary N) is 1. The van der Waals surface area contributed by atoms with Crippen molar-refractivity contribution in [2.75, 3.05) is 11.4 Å². The Hall–Kier alpha value is -1.66. The van der Waals surface area contributed by atoms with Crippen LogP contribution in [0.25, 0.3) is 0 Å². The Bertz CT molecular complexity index is 603. The van der Waals surface area contributed by atoms with Gasteiger partial charge in [0.2, 0.25) is 5.91 Å². The van der Waals surface area contributed by atoms with Crippen molar-refractivity contribution in [1.82, 2.24) is 9.78 Å². The van der Waals surface area contributed by atoms with E-state index in [4.69, 9.17) is 5.73 Å². The summed E-state index contributed by atoms with van der Waals surface area (Å²) in [7, 11) is 0. The van der Waals surface area contributed by atoms with Crippen molar-refractivity contribution in [3.63, 3.8) is 0 Å². The number of anilines is 1. The Balaban J connectivity index is 1.84. The molecular formula is C13H16N4OS. The first-order valence-corrected chi connectivity index (χ1v) is 7.08. The summed E-state index contributed by atoms with van der Waals surface area (Å²) in [6.07, 6.45) is 2.15. The number of amides is 1. The van der Waals surface area contributed by atoms with Crippen LogP contribution >= 0.6 is 11.3 Å². The smallest absolute Gasteiger partial charge is 0.229 e. The number of hydrogen-bond acceptors (Lipinski definition) is 4. The van der Waals surface area contributed by atoms with Crippen LogP contribution in [-0.4, -0.2) is 28.3 Å². The molecule has 100 valence electrons. The average Bonchev–Trinajstić information content (AvgIpc) is 3.02. The molecule has 1 unspecified atom stereocenters. The molecular weight excluding hydrogens is 260 g/mol. The van der Waals surface area contributed by atoms with Crippen molar-refractivity contribution in [1.29, 1.82) is 0 Å². The van der Waals surface area contributed by atoms with Crippen molar-refractivity contribution in [3.05, 3.63) is 34.2 Å². The Kier molecular flexibility index (Phi) is 3.12. The van der Waals surface area contributed by atoms with E-state index in [1.807, 2.05) is 10.7 Å². The van der Waals surface area contributed by atoms with Gasteiger partial charge in [-0.25, -0.2) is 4.68 Å². The number of thiophene rings is 1. The highest BCUT2D eigenvalue weighted by molar-refractivity contribution is 7.11. The molecule has 2 aromatic heterocycles. The standard InChI is InChI=1S/C13H16N4OS/c1-9-2-3-11(19-9)8-17-12(4-5-15-17)16-7-10(14)6-13(16)18/h2-5,10H,6-8,14H2,1H3. The Labute approximate surface area is 115 Å². The van der Waals surface area contributed by atoms with Crippen molar-refractivity contribution in [2.24, 2.45) is 5.73 Å². The van der Waals surface area contributed by atoms with Gasteiger partial charge in [-0.05, 0) is 19.1 Å². The minimum atomic E-state index is -0.0696. The summed E-state index contributed by atoms with van der Waals surface area (Å²) in [6, 6.07) is 6.00. The summed E-state index contributed by atoms with van der Waals surface area (Å²) < 4.78 is 1.86. The van der Waals surface area contributed by atoms with Gasteiger partial charge in [0.25, 0.3) is 0 Å². The lowest BCUT2D eigenvalue weighted by Crippen LogP contribution is -2.30. The van der Waals surface area contributed by atoms with Crippen LogP contribution in [0.4, 0.5) is 5.82 Å². The molecule has 0 radical (unpaired) electrons. The summed E-state index contributed by atoms with van der Waals surface area (Å²) >= 11 is 1.75. The van der Waals surface area contributed by atoms with Crippen LogP contribution in [0.15, 0.2) is 24.4 Å². The minimum absolute atomic E-state index is 0.0696. The first kappa shape index (κ1) is 12.4. The second kappa shape index (κ2) is 4.79. The number of aromatic nitrogens is 2. The molecule has 0 aliphatic carbocycles. The van der Waals surface area contributed by atoms with Gasteiger partial charge >= 0.3 is 0 Å². The molecule has 1 saturated heterocycles. The Morgan fingerprint density at radius 2 is 2.32 bits per heavy atom. The molecule has 1 fully saturated rings. The predicted molar refractivity (Wildman–Crippen MR) is 75.3 cm³/mol. The highest BCUT2D eigenvalue weighted by atomic mass is 32.1. The van der Waals surface area contributed by atoms with Gasteiger partial charge in [0, 0.05) is 34.8 Å². The summed E-state index contributed by atoms with van der Waals surface area (Å²) in [5, 5.41) is 4.31. The molecule has 2 N–H and O–H groups in total. The number of aryl methyl sites for hydroxylation is 1. The zero-order valence-corrected chi connectivity index (χ0v) is 11.6. The summed E-state index contributed by atoms with van der Waals surface area (Å²) in [6.45, 7) is 3.36. The van der Waals surface area contributed by atoms with Crippen molar-refractivity contribution >= 4 is 23.1 Å². The van der Waals surface area contributed by atoms with E-state index in [9.17, 15) is 4.79 Å². The van der Waals surface area contributed by atoms with Crippen molar-refractivity contribution in [2.45, 2.75) is 25.9 Å². The Morgan fingerprint density at radius 1 is 1.47 bits per heavy atom. The number of carbonyl (C=O) groups is 1. The molecule has 2 aromatic rings. The van der Waals surface area contributed by atoms with Crippen LogP contribution in [0.3, 0.4) is 0 Å². The van der Waals surface area contributed by atoms with Gasteiger partial charge in [-0.15, -0.1) is 11.3 Å². The van der Waals surface area contributed by atoms with Crippen LogP contribution in [-0.2, 0) is 11.3 Å². The molecule has 1 aliphatic rings. The molecule has 5 nitrogen and oxygen atoms in total. The summed E-state index contributed by atoms with van der Waals surface area (Å²) in [5.41, 5.74) is 5.84. The third kappa shape index (κ3) is 2.41. The second-order valence-electron chi connectivity index (χ2n) is 4.83. The van der Waals surface area contributed by atoms with Gasteiger partial charge in [0.05, 0.1) is 12.7 Å². The topological polar surface area (TPSA) is 64.2 Å². The number of carbonyl (C=O) groups excluding carboxylic acids is 1. The first-order valence-electron chi connectivity index (χ1n) is 6.26. The van der Waals surface area contributed by atoms with Gasteiger partial charge < -0.3 is 5.73 Å². The molecule has 1 aliphatic heterocycles. The fourth-order valence-corrected chi connectivity index (χ4v) is 3.22. The highest BCUT2D eigenvalue weighted by Crippen LogP contribution is 2.23. The normalized spacial score (nSPS) is 19.4. The molecule has 0 saturated carbocycles. The van der Waals surface area contributed by atoms with E-state index in [-0.39, 0.29) is 11.9 Å². The van der Waals surface area contributed by atoms with Crippen LogP contribution < -0.4 is 10.6 Å². The number of hydrogen-bond donors (Lipinski definition) is 1. The van der Waals surface area contributed by atoms with E-state index in [0.717, 1.165) is 5.82 Å². The summed E-state index contributed by atoms with van der Waals surface area (Å²) in [5.74, 6) is 0.917. The number of rotatable bonds is 3. The van der Waals surface area contributed by atoms with Gasteiger partial charge in [-0.3, -0.25) is 9.69 Å². The molecule has 0 spiro atoms. The molecule has 0 bridgehead atoms. The SMILES string of the molecule is Cc1ccc(Cn2nccc2N2CC(N)CC2=O)s1. The summed E-state index contributed by atoms with van der Waals surface area (Å²) in [4.78, 5) is 16.1. The molecule has 0 aromatic carbocycles. The first-order chi connectivity index (χ1) is 9.13. The maximum atomic E-state index is 11.9. The van der Waals surface area contributed by atoms with Crippen molar-refractivity contribution < 1.29 is 4.79 Å². The third-order valence-electron chi connectivity index (χ3n) is 3.23. The van der Waals surface area contributed by atoms with Crippen LogP contribution in [0, 0.1) is 6.92 Å². The van der Waals surface area contributed by atoms with E-state index < -0.39 is 0 Å². The van der Waals surface area contributed by atoms with E-state index in [1.165, 1.54) is 9.75 Å².